The number of Topliss-reactive ketones (excluding diaryl/α,β-unsaturated/α-hetero) is 1. The first-order valence-electron chi connectivity index (χ1n) is 6.92. The highest BCUT2D eigenvalue weighted by Gasteiger charge is 2.49. The minimum absolute atomic E-state index is 0.318. The number of nitrogens with zero attached hydrogens (tertiary/aromatic N) is 1. The third-order valence-electron chi connectivity index (χ3n) is 4.01. The minimum atomic E-state index is -1.86. The van der Waals surface area contributed by atoms with Crippen LogP contribution in [0.1, 0.15) is 22.3 Å². The summed E-state index contributed by atoms with van der Waals surface area (Å²) < 4.78 is 0.733. The molecule has 0 spiro atoms. The van der Waals surface area contributed by atoms with Gasteiger partial charge in [-0.25, -0.2) is 0 Å². The molecule has 0 radical (unpaired) electrons. The van der Waals surface area contributed by atoms with E-state index in [-0.39, 0.29) is 12.2 Å². The second kappa shape index (κ2) is 5.74. The Labute approximate surface area is 146 Å². The first-order valence-corrected chi connectivity index (χ1v) is 8.09. The van der Waals surface area contributed by atoms with Crippen molar-refractivity contribution < 1.29 is 14.7 Å². The van der Waals surface area contributed by atoms with Crippen LogP contribution in [0.25, 0.3) is 0 Å². The third kappa shape index (κ3) is 2.69. The van der Waals surface area contributed by atoms with Crippen LogP contribution >= 0.6 is 27.5 Å². The Morgan fingerprint density at radius 2 is 1.91 bits per heavy atom. The van der Waals surface area contributed by atoms with Gasteiger partial charge in [0.1, 0.15) is 0 Å². The van der Waals surface area contributed by atoms with E-state index in [4.69, 9.17) is 11.6 Å². The van der Waals surface area contributed by atoms with Gasteiger partial charge >= 0.3 is 0 Å². The lowest BCUT2D eigenvalue weighted by Crippen LogP contribution is -2.40. The van der Waals surface area contributed by atoms with Gasteiger partial charge in [0.15, 0.2) is 11.4 Å². The van der Waals surface area contributed by atoms with E-state index in [0.717, 1.165) is 4.47 Å². The number of halogens is 2. The van der Waals surface area contributed by atoms with E-state index < -0.39 is 11.5 Å². The monoisotopic (exact) mass is 393 g/mol. The standard InChI is InChI=1S/C17H13BrClNO3/c1-20-14-7-4-11(18)8-13(14)17(23,16(20)22)9-15(21)10-2-5-12(19)6-3-10/h2-8,23H,9H2,1H3/t17-/m1/s1. The number of aliphatic hydroxyl groups is 1. The number of likely N-dealkylation sites (N-methyl/N-ethyl adjacent to an activating group) is 1. The summed E-state index contributed by atoms with van der Waals surface area (Å²) >= 11 is 9.15. The van der Waals surface area contributed by atoms with E-state index in [1.54, 1.807) is 49.5 Å². The van der Waals surface area contributed by atoms with Crippen molar-refractivity contribution in [3.05, 3.63) is 63.1 Å². The zero-order chi connectivity index (χ0) is 16.8. The van der Waals surface area contributed by atoms with Crippen molar-refractivity contribution >= 4 is 44.9 Å². The SMILES string of the molecule is CN1C(=O)[C@@](O)(CC(=O)c2ccc(Cl)cc2)c2cc(Br)ccc21. The smallest absolute Gasteiger partial charge is 0.263 e. The Bertz CT molecular complexity index is 806. The molecule has 1 amide bonds. The summed E-state index contributed by atoms with van der Waals surface area (Å²) in [6, 6.07) is 11.6. The number of hydrogen-bond donors (Lipinski definition) is 1. The molecule has 118 valence electrons. The quantitative estimate of drug-likeness (QED) is 0.810. The molecule has 1 aliphatic rings. The fourth-order valence-corrected chi connectivity index (χ4v) is 3.26. The lowest BCUT2D eigenvalue weighted by molar-refractivity contribution is -0.135. The molecule has 0 unspecified atom stereocenters. The highest BCUT2D eigenvalue weighted by atomic mass is 79.9. The lowest BCUT2D eigenvalue weighted by Gasteiger charge is -2.21. The number of benzene rings is 2. The summed E-state index contributed by atoms with van der Waals surface area (Å²) in [5.41, 5.74) is -0.419. The van der Waals surface area contributed by atoms with E-state index in [0.29, 0.717) is 21.8 Å². The molecule has 1 N–H and O–H groups in total. The maximum absolute atomic E-state index is 12.5. The Morgan fingerprint density at radius 1 is 1.26 bits per heavy atom. The van der Waals surface area contributed by atoms with Crippen molar-refractivity contribution in [2.45, 2.75) is 12.0 Å². The molecule has 1 atom stereocenters. The van der Waals surface area contributed by atoms with E-state index in [9.17, 15) is 14.7 Å². The van der Waals surface area contributed by atoms with Crippen molar-refractivity contribution in [1.29, 1.82) is 0 Å². The van der Waals surface area contributed by atoms with Crippen LogP contribution in [-0.2, 0) is 10.4 Å². The predicted molar refractivity (Wildman–Crippen MR) is 91.8 cm³/mol. The van der Waals surface area contributed by atoms with Crippen LogP contribution in [-0.4, -0.2) is 23.8 Å². The van der Waals surface area contributed by atoms with Gasteiger partial charge in [0.2, 0.25) is 0 Å². The number of amides is 1. The average molecular weight is 395 g/mol. The molecule has 6 heteroatoms. The van der Waals surface area contributed by atoms with Gasteiger partial charge in [-0.1, -0.05) is 27.5 Å². The number of ketones is 1. The lowest BCUT2D eigenvalue weighted by atomic mass is 9.88. The molecule has 2 aromatic carbocycles. The molecule has 0 fully saturated rings. The first-order chi connectivity index (χ1) is 10.8. The second-order valence-electron chi connectivity index (χ2n) is 5.49. The molecule has 0 saturated carbocycles. The van der Waals surface area contributed by atoms with Gasteiger partial charge in [-0.05, 0) is 42.5 Å². The maximum atomic E-state index is 12.5. The van der Waals surface area contributed by atoms with Crippen molar-refractivity contribution in [3.8, 4) is 0 Å². The molecule has 3 rings (SSSR count). The topological polar surface area (TPSA) is 57.6 Å². The Hall–Kier alpha value is -1.69. The summed E-state index contributed by atoms with van der Waals surface area (Å²) in [6.07, 6.45) is -0.318. The van der Waals surface area contributed by atoms with Gasteiger partial charge in [-0.2, -0.15) is 0 Å². The van der Waals surface area contributed by atoms with Crippen LogP contribution in [0.4, 0.5) is 5.69 Å². The van der Waals surface area contributed by atoms with Gasteiger partial charge in [0.25, 0.3) is 5.91 Å². The van der Waals surface area contributed by atoms with Crippen LogP contribution < -0.4 is 4.90 Å². The maximum Gasteiger partial charge on any atom is 0.263 e. The largest absolute Gasteiger partial charge is 0.375 e. The summed E-state index contributed by atoms with van der Waals surface area (Å²) in [4.78, 5) is 26.4. The molecule has 2 aromatic rings. The van der Waals surface area contributed by atoms with Crippen molar-refractivity contribution in [2.75, 3.05) is 11.9 Å². The molecular weight excluding hydrogens is 382 g/mol. The number of fused-ring (bicyclic) bond motifs is 1. The molecule has 4 nitrogen and oxygen atoms in total. The molecule has 0 aliphatic carbocycles. The molecule has 0 aromatic heterocycles. The number of rotatable bonds is 3. The highest BCUT2D eigenvalue weighted by molar-refractivity contribution is 9.10. The predicted octanol–water partition coefficient (Wildman–Crippen LogP) is 3.54. The molecule has 0 saturated heterocycles. The minimum Gasteiger partial charge on any atom is -0.375 e. The summed E-state index contributed by atoms with van der Waals surface area (Å²) in [7, 11) is 1.58. The summed E-state index contributed by atoms with van der Waals surface area (Å²) in [5.74, 6) is -0.827. The van der Waals surface area contributed by atoms with Crippen LogP contribution in [0, 0.1) is 0 Å². The normalized spacial score (nSPS) is 19.8. The number of anilines is 1. The Kier molecular flexibility index (Phi) is 4.04. The Balaban J connectivity index is 1.98. The molecule has 23 heavy (non-hydrogen) atoms. The highest BCUT2D eigenvalue weighted by Crippen LogP contribution is 2.43. The van der Waals surface area contributed by atoms with E-state index in [1.165, 1.54) is 4.90 Å². The van der Waals surface area contributed by atoms with Gasteiger partial charge in [0.05, 0.1) is 12.1 Å². The van der Waals surface area contributed by atoms with Crippen LogP contribution in [0.2, 0.25) is 5.02 Å². The first kappa shape index (κ1) is 16.2. The summed E-state index contributed by atoms with van der Waals surface area (Å²) in [5, 5.41) is 11.5. The van der Waals surface area contributed by atoms with Gasteiger partial charge in [-0.15, -0.1) is 0 Å². The van der Waals surface area contributed by atoms with Crippen molar-refractivity contribution in [3.63, 3.8) is 0 Å². The summed E-state index contributed by atoms with van der Waals surface area (Å²) in [6.45, 7) is 0. The molecule has 1 aliphatic heterocycles. The number of hydrogen-bond acceptors (Lipinski definition) is 3. The van der Waals surface area contributed by atoms with E-state index in [2.05, 4.69) is 15.9 Å². The third-order valence-corrected chi connectivity index (χ3v) is 4.75. The van der Waals surface area contributed by atoms with E-state index in [1.807, 2.05) is 0 Å². The van der Waals surface area contributed by atoms with E-state index >= 15 is 0 Å². The van der Waals surface area contributed by atoms with Crippen LogP contribution in [0.3, 0.4) is 0 Å². The fraction of sp³-hybridized carbons (Fsp3) is 0.176. The van der Waals surface area contributed by atoms with Crippen molar-refractivity contribution in [2.24, 2.45) is 0 Å². The number of carbonyl (C=O) groups excluding carboxylic acids is 2. The Morgan fingerprint density at radius 3 is 2.57 bits per heavy atom. The zero-order valence-corrected chi connectivity index (χ0v) is 14.6. The average Bonchev–Trinajstić information content (AvgIpc) is 2.70. The second-order valence-corrected chi connectivity index (χ2v) is 6.84. The zero-order valence-electron chi connectivity index (χ0n) is 12.2. The molecule has 1 heterocycles. The van der Waals surface area contributed by atoms with Crippen LogP contribution in [0.5, 0.6) is 0 Å². The molecule has 0 bridgehead atoms. The van der Waals surface area contributed by atoms with Gasteiger partial charge in [-0.3, -0.25) is 9.59 Å². The van der Waals surface area contributed by atoms with Gasteiger partial charge in [0, 0.05) is 27.7 Å². The van der Waals surface area contributed by atoms with Crippen LogP contribution in [0.15, 0.2) is 46.9 Å². The van der Waals surface area contributed by atoms with Crippen molar-refractivity contribution in [1.82, 2.24) is 0 Å². The van der Waals surface area contributed by atoms with Gasteiger partial charge < -0.3 is 10.0 Å². The molecular formula is C17H13BrClNO3. The number of carbonyl (C=O) groups is 2. The fourth-order valence-electron chi connectivity index (χ4n) is 2.78.